The van der Waals surface area contributed by atoms with Crippen molar-refractivity contribution in [2.75, 3.05) is 5.32 Å². The van der Waals surface area contributed by atoms with Gasteiger partial charge < -0.3 is 9.88 Å². The number of anilines is 1. The first-order valence-electron chi connectivity index (χ1n) is 8.04. The number of benzene rings is 2. The molecule has 9 heteroatoms. The standard InChI is InChI=1S/C18H17N5O3S/c1-11-4-5-12(2)14(8-11)20-17(24)13-6-7-16(15(9-13)23(25)26)27-18-21-19-10-22(18)3/h4-10H,1-3H3,(H,20,24). The van der Waals surface area contributed by atoms with Crippen LogP contribution in [0.5, 0.6) is 0 Å². The molecule has 3 rings (SSSR count). The van der Waals surface area contributed by atoms with Crippen LogP contribution < -0.4 is 5.32 Å². The number of amides is 1. The molecule has 1 aromatic heterocycles. The Balaban J connectivity index is 1.89. The number of rotatable bonds is 5. The number of carbonyl (C=O) groups is 1. The first-order chi connectivity index (χ1) is 12.8. The van der Waals surface area contributed by atoms with Crippen molar-refractivity contribution in [3.63, 3.8) is 0 Å². The Labute approximate surface area is 159 Å². The molecule has 0 aliphatic rings. The van der Waals surface area contributed by atoms with Gasteiger partial charge in [-0.3, -0.25) is 14.9 Å². The Hall–Kier alpha value is -3.20. The van der Waals surface area contributed by atoms with E-state index in [9.17, 15) is 14.9 Å². The average Bonchev–Trinajstić information content (AvgIpc) is 3.03. The second-order valence-electron chi connectivity index (χ2n) is 6.04. The van der Waals surface area contributed by atoms with E-state index in [2.05, 4.69) is 15.5 Å². The lowest BCUT2D eigenvalue weighted by Gasteiger charge is -2.10. The fourth-order valence-electron chi connectivity index (χ4n) is 2.42. The third-order valence-corrected chi connectivity index (χ3v) is 5.05. The van der Waals surface area contributed by atoms with Crippen molar-refractivity contribution >= 4 is 29.0 Å². The minimum Gasteiger partial charge on any atom is -0.322 e. The molecule has 0 fully saturated rings. The largest absolute Gasteiger partial charge is 0.322 e. The summed E-state index contributed by atoms with van der Waals surface area (Å²) in [5.74, 6) is -0.401. The van der Waals surface area contributed by atoms with E-state index < -0.39 is 10.8 Å². The molecule has 0 spiro atoms. The van der Waals surface area contributed by atoms with Gasteiger partial charge in [-0.25, -0.2) is 0 Å². The molecule has 0 aliphatic carbocycles. The maximum Gasteiger partial charge on any atom is 0.284 e. The Kier molecular flexibility index (Phi) is 5.22. The summed E-state index contributed by atoms with van der Waals surface area (Å²) in [5, 5.41) is 22.5. The van der Waals surface area contributed by atoms with Gasteiger partial charge in [0.15, 0.2) is 5.16 Å². The molecule has 138 valence electrons. The summed E-state index contributed by atoms with van der Waals surface area (Å²) < 4.78 is 1.66. The van der Waals surface area contributed by atoms with E-state index in [-0.39, 0.29) is 11.3 Å². The maximum atomic E-state index is 12.6. The lowest BCUT2D eigenvalue weighted by molar-refractivity contribution is -0.387. The molecular weight excluding hydrogens is 366 g/mol. The topological polar surface area (TPSA) is 103 Å². The van der Waals surface area contributed by atoms with Gasteiger partial charge in [-0.2, -0.15) is 0 Å². The molecule has 0 aliphatic heterocycles. The highest BCUT2D eigenvalue weighted by Crippen LogP contribution is 2.34. The molecule has 8 nitrogen and oxygen atoms in total. The van der Waals surface area contributed by atoms with Crippen molar-refractivity contribution in [2.24, 2.45) is 7.05 Å². The molecule has 0 saturated carbocycles. The van der Waals surface area contributed by atoms with Gasteiger partial charge in [0.05, 0.1) is 9.82 Å². The van der Waals surface area contributed by atoms with Gasteiger partial charge in [0, 0.05) is 24.4 Å². The van der Waals surface area contributed by atoms with Crippen molar-refractivity contribution in [3.05, 3.63) is 69.5 Å². The van der Waals surface area contributed by atoms with Crippen LogP contribution in [0.1, 0.15) is 21.5 Å². The maximum absolute atomic E-state index is 12.6. The minimum absolute atomic E-state index is 0.156. The van der Waals surface area contributed by atoms with Gasteiger partial charge in [0.1, 0.15) is 6.33 Å². The van der Waals surface area contributed by atoms with E-state index in [1.165, 1.54) is 12.4 Å². The van der Waals surface area contributed by atoms with Gasteiger partial charge in [0.2, 0.25) is 0 Å². The summed E-state index contributed by atoms with van der Waals surface area (Å²) in [6.07, 6.45) is 1.51. The lowest BCUT2D eigenvalue weighted by atomic mass is 10.1. The van der Waals surface area contributed by atoms with E-state index in [1.807, 2.05) is 32.0 Å². The first kappa shape index (κ1) is 18.6. The van der Waals surface area contributed by atoms with Gasteiger partial charge >= 0.3 is 0 Å². The van der Waals surface area contributed by atoms with Crippen LogP contribution in [0, 0.1) is 24.0 Å². The van der Waals surface area contributed by atoms with Gasteiger partial charge in [0.25, 0.3) is 11.6 Å². The molecule has 3 aromatic rings. The fraction of sp³-hybridized carbons (Fsp3) is 0.167. The van der Waals surface area contributed by atoms with E-state index >= 15 is 0 Å². The van der Waals surface area contributed by atoms with Crippen molar-refractivity contribution in [3.8, 4) is 0 Å². The van der Waals surface area contributed by atoms with Gasteiger partial charge in [-0.1, -0.05) is 12.1 Å². The van der Waals surface area contributed by atoms with Crippen LogP contribution in [0.15, 0.2) is 52.8 Å². The van der Waals surface area contributed by atoms with E-state index in [1.54, 1.807) is 23.7 Å². The summed E-state index contributed by atoms with van der Waals surface area (Å²) in [6, 6.07) is 10.1. The Morgan fingerprint density at radius 3 is 2.67 bits per heavy atom. The van der Waals surface area contributed by atoms with Crippen LogP contribution in [0.4, 0.5) is 11.4 Å². The number of carbonyl (C=O) groups excluding carboxylic acids is 1. The molecule has 0 bridgehead atoms. The number of nitrogens with one attached hydrogen (secondary N) is 1. The predicted octanol–water partition coefficient (Wildman–Crippen LogP) is 3.74. The molecule has 27 heavy (non-hydrogen) atoms. The number of aryl methyl sites for hydroxylation is 3. The minimum atomic E-state index is -0.507. The van der Waals surface area contributed by atoms with Crippen molar-refractivity contribution < 1.29 is 9.72 Å². The number of nitro benzene ring substituents is 1. The SMILES string of the molecule is Cc1ccc(C)c(NC(=O)c2ccc(Sc3nncn3C)c([N+](=O)[O-])c2)c1. The van der Waals surface area contributed by atoms with Crippen molar-refractivity contribution in [1.29, 1.82) is 0 Å². The highest BCUT2D eigenvalue weighted by molar-refractivity contribution is 7.99. The Bertz CT molecular complexity index is 1030. The van der Waals surface area contributed by atoms with Crippen LogP contribution in [0.25, 0.3) is 0 Å². The third-order valence-electron chi connectivity index (χ3n) is 3.93. The third kappa shape index (κ3) is 4.14. The molecule has 0 radical (unpaired) electrons. The zero-order valence-electron chi connectivity index (χ0n) is 15.0. The number of nitrogens with zero attached hydrogens (tertiary/aromatic N) is 4. The second kappa shape index (κ2) is 7.58. The molecule has 1 N–H and O–H groups in total. The summed E-state index contributed by atoms with van der Waals surface area (Å²) in [7, 11) is 1.75. The van der Waals surface area contributed by atoms with E-state index in [4.69, 9.17) is 0 Å². The predicted molar refractivity (Wildman–Crippen MR) is 102 cm³/mol. The number of hydrogen-bond donors (Lipinski definition) is 1. The lowest BCUT2D eigenvalue weighted by Crippen LogP contribution is -2.13. The van der Waals surface area contributed by atoms with Gasteiger partial charge in [-0.05, 0) is 54.9 Å². The molecule has 0 unspecified atom stereocenters. The first-order valence-corrected chi connectivity index (χ1v) is 8.85. The van der Waals surface area contributed by atoms with Gasteiger partial charge in [-0.15, -0.1) is 10.2 Å². The molecule has 2 aromatic carbocycles. The Morgan fingerprint density at radius 2 is 2.00 bits per heavy atom. The fourth-order valence-corrected chi connectivity index (χ4v) is 3.27. The van der Waals surface area contributed by atoms with Crippen molar-refractivity contribution in [2.45, 2.75) is 23.9 Å². The highest BCUT2D eigenvalue weighted by atomic mass is 32.2. The molecule has 1 heterocycles. The molecule has 1 amide bonds. The second-order valence-corrected chi connectivity index (χ2v) is 7.05. The normalized spacial score (nSPS) is 10.6. The van der Waals surface area contributed by atoms with E-state index in [0.717, 1.165) is 22.9 Å². The molecular formula is C18H17N5O3S. The zero-order valence-corrected chi connectivity index (χ0v) is 15.8. The Morgan fingerprint density at radius 1 is 1.22 bits per heavy atom. The van der Waals surface area contributed by atoms with E-state index in [0.29, 0.717) is 15.7 Å². The quantitative estimate of drug-likeness (QED) is 0.532. The summed E-state index contributed by atoms with van der Waals surface area (Å²) in [4.78, 5) is 23.9. The summed E-state index contributed by atoms with van der Waals surface area (Å²) in [6.45, 7) is 3.82. The number of nitro groups is 1. The summed E-state index contributed by atoms with van der Waals surface area (Å²) in [5.41, 5.74) is 2.66. The highest BCUT2D eigenvalue weighted by Gasteiger charge is 2.20. The van der Waals surface area contributed by atoms with Crippen molar-refractivity contribution in [1.82, 2.24) is 14.8 Å². The summed E-state index contributed by atoms with van der Waals surface area (Å²) >= 11 is 1.12. The number of aromatic nitrogens is 3. The van der Waals surface area contributed by atoms with Crippen LogP contribution in [0.3, 0.4) is 0 Å². The van der Waals surface area contributed by atoms with Crippen LogP contribution >= 0.6 is 11.8 Å². The molecule has 0 saturated heterocycles. The van der Waals surface area contributed by atoms with Crippen LogP contribution in [-0.4, -0.2) is 25.6 Å². The number of hydrogen-bond acceptors (Lipinski definition) is 6. The average molecular weight is 383 g/mol. The van der Waals surface area contributed by atoms with Crippen LogP contribution in [-0.2, 0) is 7.05 Å². The monoisotopic (exact) mass is 383 g/mol. The zero-order chi connectivity index (χ0) is 19.6. The smallest absolute Gasteiger partial charge is 0.284 e. The van der Waals surface area contributed by atoms with Crippen LogP contribution in [0.2, 0.25) is 0 Å². The molecule has 0 atom stereocenters.